The van der Waals surface area contributed by atoms with Gasteiger partial charge in [-0.15, -0.1) is 0 Å². The van der Waals surface area contributed by atoms with Crippen LogP contribution >= 0.6 is 0 Å². The molecule has 0 radical (unpaired) electrons. The van der Waals surface area contributed by atoms with Crippen LogP contribution < -0.4 is 5.32 Å². The highest BCUT2D eigenvalue weighted by Gasteiger charge is 2.28. The lowest BCUT2D eigenvalue weighted by atomic mass is 10.1. The number of rotatable bonds is 5. The quantitative estimate of drug-likeness (QED) is 0.552. The number of pyridine rings is 1. The van der Waals surface area contributed by atoms with Gasteiger partial charge in [-0.05, 0) is 32.8 Å². The predicted octanol–water partition coefficient (Wildman–Crippen LogP) is 2.69. The molecular formula is C21H24N8O. The zero-order valence-electron chi connectivity index (χ0n) is 17.5. The van der Waals surface area contributed by atoms with E-state index in [0.29, 0.717) is 23.7 Å². The van der Waals surface area contributed by atoms with Gasteiger partial charge >= 0.3 is 0 Å². The monoisotopic (exact) mass is 404 g/mol. The SMILES string of the molecule is Cc1nn(C)cc1Cn1cc(NC(=O)c2cc(C3CC3)nc3c2c(C)nn3C)cn1. The second-order valence-electron chi connectivity index (χ2n) is 8.07. The van der Waals surface area contributed by atoms with Gasteiger partial charge in [0.05, 0.1) is 40.8 Å². The van der Waals surface area contributed by atoms with Gasteiger partial charge in [-0.2, -0.15) is 15.3 Å². The number of hydrogen-bond donors (Lipinski definition) is 1. The molecule has 1 N–H and O–H groups in total. The van der Waals surface area contributed by atoms with Crippen LogP contribution in [0, 0.1) is 13.8 Å². The molecule has 1 saturated carbocycles. The summed E-state index contributed by atoms with van der Waals surface area (Å²) in [5.41, 5.74) is 5.86. The second kappa shape index (κ2) is 6.79. The zero-order chi connectivity index (χ0) is 21.0. The molecule has 0 atom stereocenters. The van der Waals surface area contributed by atoms with Crippen molar-refractivity contribution in [2.45, 2.75) is 39.2 Å². The molecule has 0 unspecified atom stereocenters. The number of carbonyl (C=O) groups excluding carboxylic acids is 1. The molecule has 30 heavy (non-hydrogen) atoms. The van der Waals surface area contributed by atoms with Crippen LogP contribution in [0.3, 0.4) is 0 Å². The Hall–Kier alpha value is -3.49. The Morgan fingerprint density at radius 3 is 2.67 bits per heavy atom. The van der Waals surface area contributed by atoms with Crippen molar-refractivity contribution in [1.82, 2.24) is 34.3 Å². The Balaban J connectivity index is 1.42. The lowest BCUT2D eigenvalue weighted by Gasteiger charge is -2.08. The molecule has 0 aromatic carbocycles. The summed E-state index contributed by atoms with van der Waals surface area (Å²) >= 11 is 0. The number of anilines is 1. The molecule has 0 aliphatic heterocycles. The van der Waals surface area contributed by atoms with E-state index in [1.54, 1.807) is 20.2 Å². The Morgan fingerprint density at radius 1 is 1.17 bits per heavy atom. The highest BCUT2D eigenvalue weighted by atomic mass is 16.1. The minimum absolute atomic E-state index is 0.169. The summed E-state index contributed by atoms with van der Waals surface area (Å²) in [7, 11) is 3.77. The highest BCUT2D eigenvalue weighted by Crippen LogP contribution is 2.40. The van der Waals surface area contributed by atoms with E-state index in [1.165, 1.54) is 0 Å². The van der Waals surface area contributed by atoms with Crippen LogP contribution in [0.1, 0.15) is 51.8 Å². The number of hydrogen-bond acceptors (Lipinski definition) is 5. The topological polar surface area (TPSA) is 95.5 Å². The minimum Gasteiger partial charge on any atom is -0.319 e. The van der Waals surface area contributed by atoms with Gasteiger partial charge in [0.25, 0.3) is 5.91 Å². The average molecular weight is 404 g/mol. The molecule has 1 fully saturated rings. The summed E-state index contributed by atoms with van der Waals surface area (Å²) in [4.78, 5) is 17.9. The van der Waals surface area contributed by atoms with Crippen molar-refractivity contribution < 1.29 is 4.79 Å². The first-order valence-electron chi connectivity index (χ1n) is 10.1. The van der Waals surface area contributed by atoms with E-state index in [9.17, 15) is 4.79 Å². The van der Waals surface area contributed by atoms with Crippen LogP contribution in [0.5, 0.6) is 0 Å². The first-order valence-corrected chi connectivity index (χ1v) is 10.1. The van der Waals surface area contributed by atoms with Crippen molar-refractivity contribution >= 4 is 22.6 Å². The van der Waals surface area contributed by atoms with Crippen molar-refractivity contribution in [3.05, 3.63) is 52.9 Å². The van der Waals surface area contributed by atoms with E-state index in [-0.39, 0.29) is 5.91 Å². The van der Waals surface area contributed by atoms with Gasteiger partial charge in [0.1, 0.15) is 0 Å². The van der Waals surface area contributed by atoms with Crippen LogP contribution in [0.25, 0.3) is 11.0 Å². The molecule has 1 amide bonds. The number of nitrogens with one attached hydrogen (secondary N) is 1. The lowest BCUT2D eigenvalue weighted by Crippen LogP contribution is -2.13. The summed E-state index contributed by atoms with van der Waals surface area (Å²) in [6.45, 7) is 4.48. The molecule has 9 nitrogen and oxygen atoms in total. The summed E-state index contributed by atoms with van der Waals surface area (Å²) in [5, 5.41) is 17.0. The summed E-state index contributed by atoms with van der Waals surface area (Å²) in [6.07, 6.45) is 7.72. The van der Waals surface area contributed by atoms with E-state index in [0.717, 1.165) is 46.5 Å². The second-order valence-corrected chi connectivity index (χ2v) is 8.07. The Kier molecular flexibility index (Phi) is 4.19. The fourth-order valence-corrected chi connectivity index (χ4v) is 3.92. The van der Waals surface area contributed by atoms with Crippen molar-refractivity contribution in [3.63, 3.8) is 0 Å². The van der Waals surface area contributed by atoms with Gasteiger partial charge in [0.2, 0.25) is 0 Å². The Labute approximate surface area is 173 Å². The maximum Gasteiger partial charge on any atom is 0.256 e. The van der Waals surface area contributed by atoms with Gasteiger partial charge < -0.3 is 5.32 Å². The largest absolute Gasteiger partial charge is 0.319 e. The Bertz CT molecular complexity index is 1270. The fraction of sp³-hybridized carbons (Fsp3) is 0.381. The third-order valence-electron chi connectivity index (χ3n) is 5.57. The van der Waals surface area contributed by atoms with Gasteiger partial charge in [-0.3, -0.25) is 18.8 Å². The molecule has 9 heteroatoms. The van der Waals surface area contributed by atoms with Gasteiger partial charge in [-0.1, -0.05) is 0 Å². The van der Waals surface area contributed by atoms with Crippen LogP contribution in [0.15, 0.2) is 24.7 Å². The molecule has 1 aliphatic rings. The van der Waals surface area contributed by atoms with Crippen molar-refractivity contribution in [1.29, 1.82) is 0 Å². The first kappa shape index (κ1) is 18.5. The van der Waals surface area contributed by atoms with Gasteiger partial charge in [0, 0.05) is 43.7 Å². The van der Waals surface area contributed by atoms with E-state index < -0.39 is 0 Å². The van der Waals surface area contributed by atoms with Crippen molar-refractivity contribution in [2.24, 2.45) is 14.1 Å². The van der Waals surface area contributed by atoms with E-state index in [1.807, 2.05) is 46.4 Å². The summed E-state index contributed by atoms with van der Waals surface area (Å²) in [5.74, 6) is 0.277. The summed E-state index contributed by atoms with van der Waals surface area (Å²) in [6, 6.07) is 1.92. The standard InChI is InChI=1S/C21H24N8O/c1-12-15(9-27(3)25-12)10-29-11-16(8-22-29)23-21(30)17-7-18(14-5-6-14)24-20-19(17)13(2)26-28(20)4/h7-9,11,14H,5-6,10H2,1-4H3,(H,23,30). The fourth-order valence-electron chi connectivity index (χ4n) is 3.92. The molecule has 5 rings (SSSR count). The number of nitrogens with zero attached hydrogens (tertiary/aromatic N) is 7. The van der Waals surface area contributed by atoms with E-state index in [4.69, 9.17) is 4.98 Å². The average Bonchev–Trinajstić information content (AvgIpc) is 3.30. The third-order valence-corrected chi connectivity index (χ3v) is 5.57. The van der Waals surface area contributed by atoms with Crippen LogP contribution in [0.2, 0.25) is 0 Å². The number of carbonyl (C=O) groups is 1. The molecule has 4 aromatic heterocycles. The molecule has 154 valence electrons. The molecule has 4 heterocycles. The van der Waals surface area contributed by atoms with Crippen molar-refractivity contribution in [2.75, 3.05) is 5.32 Å². The molecule has 4 aromatic rings. The number of fused-ring (bicyclic) bond motifs is 1. The molecule has 0 saturated heterocycles. The highest BCUT2D eigenvalue weighted by molar-refractivity contribution is 6.12. The van der Waals surface area contributed by atoms with Crippen LogP contribution in [-0.4, -0.2) is 40.2 Å². The van der Waals surface area contributed by atoms with Gasteiger partial charge in [0.15, 0.2) is 5.65 Å². The number of aromatic nitrogens is 7. The van der Waals surface area contributed by atoms with Crippen LogP contribution in [-0.2, 0) is 20.6 Å². The molecular weight excluding hydrogens is 380 g/mol. The lowest BCUT2D eigenvalue weighted by molar-refractivity contribution is 0.102. The van der Waals surface area contributed by atoms with Gasteiger partial charge in [-0.25, -0.2) is 4.98 Å². The maximum atomic E-state index is 13.2. The predicted molar refractivity (Wildman–Crippen MR) is 112 cm³/mol. The van der Waals surface area contributed by atoms with E-state index >= 15 is 0 Å². The molecule has 1 aliphatic carbocycles. The minimum atomic E-state index is -0.169. The van der Waals surface area contributed by atoms with Crippen LogP contribution in [0.4, 0.5) is 5.69 Å². The smallest absolute Gasteiger partial charge is 0.256 e. The zero-order valence-corrected chi connectivity index (χ0v) is 17.5. The number of aryl methyl sites for hydroxylation is 4. The summed E-state index contributed by atoms with van der Waals surface area (Å²) < 4.78 is 5.34. The Morgan fingerprint density at radius 2 is 1.97 bits per heavy atom. The van der Waals surface area contributed by atoms with E-state index in [2.05, 4.69) is 20.6 Å². The third kappa shape index (κ3) is 3.26. The maximum absolute atomic E-state index is 13.2. The number of amides is 1. The van der Waals surface area contributed by atoms with Crippen molar-refractivity contribution in [3.8, 4) is 0 Å². The first-order chi connectivity index (χ1) is 14.4. The molecule has 0 spiro atoms. The normalized spacial score (nSPS) is 13.9. The molecule has 0 bridgehead atoms.